The molecule has 1 amide bonds. The lowest BCUT2D eigenvalue weighted by Gasteiger charge is -2.23. The minimum Gasteiger partial charge on any atom is -0.466 e. The zero-order valence-corrected chi connectivity index (χ0v) is 18.6. The number of furan rings is 1. The molecular weight excluding hydrogens is 417 g/mol. The smallest absolute Gasteiger partial charge is 0.261 e. The standard InChI is InChI=1S/C23H24FN3O3S/c1-13-9-19(15(3)30-13)23(4,29)12-25-21(28)20-10-18-14(2)26-27(22(18)31-20)11-16-5-7-17(24)8-6-16/h5-10,29H,11-12H2,1-4H3,(H,25,28)/t23-/m0/s1. The van der Waals surface area contributed by atoms with E-state index in [1.807, 2.05) is 24.6 Å². The number of halogens is 1. The van der Waals surface area contributed by atoms with E-state index >= 15 is 0 Å². The molecule has 0 aliphatic carbocycles. The molecule has 4 rings (SSSR count). The molecule has 0 radical (unpaired) electrons. The van der Waals surface area contributed by atoms with E-state index in [9.17, 15) is 14.3 Å². The molecule has 3 aromatic heterocycles. The molecule has 0 unspecified atom stereocenters. The van der Waals surface area contributed by atoms with Gasteiger partial charge in [0.15, 0.2) is 0 Å². The first-order valence-corrected chi connectivity index (χ1v) is 10.7. The Morgan fingerprint density at radius 2 is 1.97 bits per heavy atom. The van der Waals surface area contributed by atoms with Crippen molar-refractivity contribution in [2.45, 2.75) is 39.8 Å². The number of fused-ring (bicyclic) bond motifs is 1. The van der Waals surface area contributed by atoms with Gasteiger partial charge in [-0.2, -0.15) is 5.10 Å². The van der Waals surface area contributed by atoms with Crippen LogP contribution in [0.4, 0.5) is 4.39 Å². The Hall–Kier alpha value is -2.97. The van der Waals surface area contributed by atoms with Crippen molar-refractivity contribution >= 4 is 27.5 Å². The average Bonchev–Trinajstić information content (AvgIpc) is 3.37. The molecule has 6 nitrogen and oxygen atoms in total. The van der Waals surface area contributed by atoms with Crippen LogP contribution in [0.1, 0.15) is 44.9 Å². The van der Waals surface area contributed by atoms with Gasteiger partial charge in [-0.15, -0.1) is 11.3 Å². The van der Waals surface area contributed by atoms with Crippen molar-refractivity contribution in [1.82, 2.24) is 15.1 Å². The van der Waals surface area contributed by atoms with E-state index in [-0.39, 0.29) is 18.3 Å². The van der Waals surface area contributed by atoms with Crippen LogP contribution < -0.4 is 5.32 Å². The molecule has 31 heavy (non-hydrogen) atoms. The third kappa shape index (κ3) is 4.26. The Bertz CT molecular complexity index is 1250. The summed E-state index contributed by atoms with van der Waals surface area (Å²) in [5.41, 5.74) is 1.16. The van der Waals surface area contributed by atoms with Gasteiger partial charge in [-0.25, -0.2) is 4.39 Å². The quantitative estimate of drug-likeness (QED) is 0.464. The fraction of sp³-hybridized carbons (Fsp3) is 0.304. The van der Waals surface area contributed by atoms with Crippen LogP contribution in [0, 0.1) is 26.6 Å². The van der Waals surface area contributed by atoms with Crippen LogP contribution in [0.3, 0.4) is 0 Å². The van der Waals surface area contributed by atoms with E-state index < -0.39 is 5.60 Å². The predicted molar refractivity (Wildman–Crippen MR) is 118 cm³/mol. The molecule has 2 N–H and O–H groups in total. The van der Waals surface area contributed by atoms with Crippen molar-refractivity contribution in [1.29, 1.82) is 0 Å². The second-order valence-electron chi connectivity index (χ2n) is 7.98. The molecule has 8 heteroatoms. The maximum absolute atomic E-state index is 13.2. The summed E-state index contributed by atoms with van der Waals surface area (Å²) in [7, 11) is 0. The van der Waals surface area contributed by atoms with Crippen molar-refractivity contribution < 1.29 is 18.7 Å². The number of nitrogens with zero attached hydrogens (tertiary/aromatic N) is 2. The first kappa shape index (κ1) is 21.3. The summed E-state index contributed by atoms with van der Waals surface area (Å²) in [6, 6.07) is 9.90. The lowest BCUT2D eigenvalue weighted by atomic mass is 9.96. The van der Waals surface area contributed by atoms with E-state index in [0.717, 1.165) is 21.5 Å². The van der Waals surface area contributed by atoms with E-state index in [4.69, 9.17) is 4.42 Å². The van der Waals surface area contributed by atoms with Gasteiger partial charge in [-0.1, -0.05) is 12.1 Å². The summed E-state index contributed by atoms with van der Waals surface area (Å²) >= 11 is 1.34. The number of amides is 1. The largest absolute Gasteiger partial charge is 0.466 e. The van der Waals surface area contributed by atoms with Gasteiger partial charge < -0.3 is 14.8 Å². The highest BCUT2D eigenvalue weighted by Gasteiger charge is 2.29. The summed E-state index contributed by atoms with van der Waals surface area (Å²) in [4.78, 5) is 14.2. The lowest BCUT2D eigenvalue weighted by molar-refractivity contribution is 0.0515. The number of benzene rings is 1. The summed E-state index contributed by atoms with van der Waals surface area (Å²) < 4.78 is 20.5. The van der Waals surface area contributed by atoms with Gasteiger partial charge in [-0.3, -0.25) is 9.48 Å². The van der Waals surface area contributed by atoms with Crippen molar-refractivity contribution in [3.63, 3.8) is 0 Å². The Morgan fingerprint density at radius 1 is 1.26 bits per heavy atom. The van der Waals surface area contributed by atoms with Crippen molar-refractivity contribution in [3.8, 4) is 0 Å². The molecule has 0 fully saturated rings. The number of carbonyl (C=O) groups is 1. The second kappa shape index (κ2) is 7.94. The molecule has 3 heterocycles. The normalized spacial score (nSPS) is 13.5. The SMILES string of the molecule is Cc1cc([C@@](C)(O)CNC(=O)c2cc3c(C)nn(Cc4ccc(F)cc4)c3s2)c(C)o1. The van der Waals surface area contributed by atoms with Crippen LogP contribution in [-0.2, 0) is 12.1 Å². The minimum atomic E-state index is -1.25. The Kier molecular flexibility index (Phi) is 5.45. The number of nitrogens with one attached hydrogen (secondary N) is 1. The Balaban J connectivity index is 1.52. The Morgan fingerprint density at radius 3 is 2.61 bits per heavy atom. The first-order chi connectivity index (χ1) is 14.6. The number of hydrogen-bond donors (Lipinski definition) is 2. The topological polar surface area (TPSA) is 80.3 Å². The van der Waals surface area contributed by atoms with Crippen molar-refractivity contribution in [2.75, 3.05) is 6.54 Å². The molecule has 0 aliphatic heterocycles. The van der Waals surface area contributed by atoms with Crippen LogP contribution in [0.15, 0.2) is 40.8 Å². The molecule has 0 saturated heterocycles. The van der Waals surface area contributed by atoms with Crippen LogP contribution >= 0.6 is 11.3 Å². The first-order valence-electron chi connectivity index (χ1n) is 9.93. The number of aryl methyl sites for hydroxylation is 3. The van der Waals surface area contributed by atoms with Gasteiger partial charge in [0.05, 0.1) is 23.7 Å². The highest BCUT2D eigenvalue weighted by molar-refractivity contribution is 7.20. The zero-order chi connectivity index (χ0) is 22.3. The number of aliphatic hydroxyl groups is 1. The van der Waals surface area contributed by atoms with E-state index in [2.05, 4.69) is 10.4 Å². The molecular formula is C23H24FN3O3S. The fourth-order valence-electron chi connectivity index (χ4n) is 3.69. The molecule has 162 valence electrons. The zero-order valence-electron chi connectivity index (χ0n) is 17.8. The van der Waals surface area contributed by atoms with Gasteiger partial charge in [0.1, 0.15) is 27.8 Å². The molecule has 0 bridgehead atoms. The van der Waals surface area contributed by atoms with Crippen LogP contribution in [0.25, 0.3) is 10.2 Å². The molecule has 0 saturated carbocycles. The molecule has 1 aromatic carbocycles. The third-order valence-corrected chi connectivity index (χ3v) is 6.44. The molecule has 1 atom stereocenters. The molecule has 0 aliphatic rings. The minimum absolute atomic E-state index is 0.0561. The van der Waals surface area contributed by atoms with Crippen LogP contribution in [0.5, 0.6) is 0 Å². The second-order valence-corrected chi connectivity index (χ2v) is 9.01. The number of rotatable bonds is 6. The van der Waals surface area contributed by atoms with Crippen molar-refractivity contribution in [3.05, 3.63) is 75.4 Å². The molecule has 4 aromatic rings. The monoisotopic (exact) mass is 441 g/mol. The summed E-state index contributed by atoms with van der Waals surface area (Å²) in [5, 5.41) is 19.1. The number of hydrogen-bond acceptors (Lipinski definition) is 5. The van der Waals surface area contributed by atoms with Gasteiger partial charge in [0, 0.05) is 10.9 Å². The fourth-order valence-corrected chi connectivity index (χ4v) is 4.77. The number of carbonyl (C=O) groups excluding carboxylic acids is 1. The predicted octanol–water partition coefficient (Wildman–Crippen LogP) is 4.44. The maximum Gasteiger partial charge on any atom is 0.261 e. The van der Waals surface area contributed by atoms with Crippen molar-refractivity contribution in [2.24, 2.45) is 0 Å². The average molecular weight is 442 g/mol. The molecule has 0 spiro atoms. The van der Waals surface area contributed by atoms with E-state index in [0.29, 0.717) is 28.5 Å². The number of aromatic nitrogens is 2. The summed E-state index contributed by atoms with van der Waals surface area (Å²) in [6.45, 7) is 7.70. The van der Waals surface area contributed by atoms with Gasteiger partial charge in [-0.05, 0) is 57.5 Å². The van der Waals surface area contributed by atoms with E-state index in [1.165, 1.54) is 23.5 Å². The lowest BCUT2D eigenvalue weighted by Crippen LogP contribution is -2.38. The highest BCUT2D eigenvalue weighted by atomic mass is 32.1. The summed E-state index contributed by atoms with van der Waals surface area (Å²) in [6.07, 6.45) is 0. The highest BCUT2D eigenvalue weighted by Crippen LogP contribution is 2.30. The van der Waals surface area contributed by atoms with Gasteiger partial charge in [0.2, 0.25) is 0 Å². The van der Waals surface area contributed by atoms with Gasteiger partial charge >= 0.3 is 0 Å². The summed E-state index contributed by atoms with van der Waals surface area (Å²) in [5.74, 6) is 0.810. The number of thiophene rings is 1. The Labute approximate surface area is 183 Å². The van der Waals surface area contributed by atoms with Crippen LogP contribution in [0.2, 0.25) is 0 Å². The van der Waals surface area contributed by atoms with Gasteiger partial charge in [0.25, 0.3) is 5.91 Å². The third-order valence-electron chi connectivity index (χ3n) is 5.29. The van der Waals surface area contributed by atoms with E-state index in [1.54, 1.807) is 32.0 Å². The van der Waals surface area contributed by atoms with Crippen LogP contribution in [-0.4, -0.2) is 27.3 Å². The maximum atomic E-state index is 13.2.